The first-order valence-electron chi connectivity index (χ1n) is 9.58. The van der Waals surface area contributed by atoms with E-state index in [1.165, 1.54) is 11.3 Å². The average Bonchev–Trinajstić information content (AvgIpc) is 3.27. The van der Waals surface area contributed by atoms with Crippen molar-refractivity contribution in [2.24, 2.45) is 0 Å². The van der Waals surface area contributed by atoms with E-state index < -0.39 is 18.5 Å². The standard InChI is InChI=1S/C24H19N3O3S/c28-22(27-24-26-21(16-31-24)17-9-3-1-4-10-17)15-30-23(29)19-13-7-8-14-20(19)25-18-11-5-2-6-12-18/h1-14,16,25H,15H2,(H,26,27,28). The maximum atomic E-state index is 12.5. The third-order valence-corrected chi connectivity index (χ3v) is 5.11. The SMILES string of the molecule is O=C(COC(=O)c1ccccc1Nc1ccccc1)Nc1nc(-c2ccccc2)cs1. The first kappa shape index (κ1) is 20.3. The summed E-state index contributed by atoms with van der Waals surface area (Å²) >= 11 is 1.31. The van der Waals surface area contributed by atoms with Crippen molar-refractivity contribution in [2.75, 3.05) is 17.2 Å². The van der Waals surface area contributed by atoms with Crippen LogP contribution < -0.4 is 10.6 Å². The molecular formula is C24H19N3O3S. The highest BCUT2D eigenvalue weighted by molar-refractivity contribution is 7.14. The van der Waals surface area contributed by atoms with Gasteiger partial charge in [-0.15, -0.1) is 11.3 Å². The lowest BCUT2D eigenvalue weighted by molar-refractivity contribution is -0.119. The first-order valence-corrected chi connectivity index (χ1v) is 10.5. The van der Waals surface area contributed by atoms with E-state index in [0.717, 1.165) is 16.9 Å². The third-order valence-electron chi connectivity index (χ3n) is 4.35. The molecular weight excluding hydrogens is 410 g/mol. The Kier molecular flexibility index (Phi) is 6.35. The maximum Gasteiger partial charge on any atom is 0.340 e. The van der Waals surface area contributed by atoms with Crippen molar-refractivity contribution in [2.45, 2.75) is 0 Å². The van der Waals surface area contributed by atoms with Gasteiger partial charge in [0.15, 0.2) is 11.7 Å². The quantitative estimate of drug-likeness (QED) is 0.387. The lowest BCUT2D eigenvalue weighted by atomic mass is 10.1. The van der Waals surface area contributed by atoms with E-state index in [1.807, 2.05) is 72.1 Å². The molecule has 0 unspecified atom stereocenters. The van der Waals surface area contributed by atoms with Crippen LogP contribution in [0, 0.1) is 0 Å². The zero-order chi connectivity index (χ0) is 21.5. The number of benzene rings is 3. The summed E-state index contributed by atoms with van der Waals surface area (Å²) in [5.74, 6) is -1.03. The number of carbonyl (C=O) groups is 2. The van der Waals surface area contributed by atoms with Crippen LogP contribution in [0.3, 0.4) is 0 Å². The predicted octanol–water partition coefficient (Wildman–Crippen LogP) is 5.35. The van der Waals surface area contributed by atoms with E-state index in [0.29, 0.717) is 16.4 Å². The summed E-state index contributed by atoms with van der Waals surface area (Å²) in [5, 5.41) is 8.17. The molecule has 0 spiro atoms. The van der Waals surface area contributed by atoms with E-state index in [4.69, 9.17) is 4.74 Å². The van der Waals surface area contributed by atoms with Gasteiger partial charge in [0.05, 0.1) is 16.9 Å². The lowest BCUT2D eigenvalue weighted by Gasteiger charge is -2.11. The number of carbonyl (C=O) groups excluding carboxylic acids is 2. The fraction of sp³-hybridized carbons (Fsp3) is 0.0417. The predicted molar refractivity (Wildman–Crippen MR) is 123 cm³/mol. The van der Waals surface area contributed by atoms with Gasteiger partial charge in [0.2, 0.25) is 0 Å². The molecule has 0 radical (unpaired) electrons. The minimum absolute atomic E-state index is 0.347. The Bertz CT molecular complexity index is 1180. The molecule has 4 aromatic rings. The molecule has 0 aliphatic rings. The van der Waals surface area contributed by atoms with Gasteiger partial charge in [0.25, 0.3) is 5.91 Å². The number of thiazole rings is 1. The van der Waals surface area contributed by atoms with Crippen molar-refractivity contribution >= 4 is 39.7 Å². The van der Waals surface area contributed by atoms with Crippen LogP contribution in [0.15, 0.2) is 90.3 Å². The number of para-hydroxylation sites is 2. The van der Waals surface area contributed by atoms with Gasteiger partial charge < -0.3 is 10.1 Å². The largest absolute Gasteiger partial charge is 0.452 e. The second-order valence-corrected chi connectivity index (χ2v) is 7.42. The van der Waals surface area contributed by atoms with E-state index in [-0.39, 0.29) is 0 Å². The highest BCUT2D eigenvalue weighted by atomic mass is 32.1. The number of hydrogen-bond donors (Lipinski definition) is 2. The number of aromatic nitrogens is 1. The summed E-state index contributed by atoms with van der Waals surface area (Å²) < 4.78 is 5.22. The van der Waals surface area contributed by atoms with Crippen molar-refractivity contribution in [3.8, 4) is 11.3 Å². The van der Waals surface area contributed by atoms with Crippen LogP contribution in [0.4, 0.5) is 16.5 Å². The molecule has 0 aliphatic carbocycles. The summed E-state index contributed by atoms with van der Waals surface area (Å²) in [4.78, 5) is 29.2. The number of anilines is 3. The summed E-state index contributed by atoms with van der Waals surface area (Å²) in [5.41, 5.74) is 3.54. The molecule has 6 nitrogen and oxygen atoms in total. The number of nitrogens with one attached hydrogen (secondary N) is 2. The molecule has 31 heavy (non-hydrogen) atoms. The zero-order valence-electron chi connectivity index (χ0n) is 16.4. The Hall–Kier alpha value is -3.97. The molecule has 0 fully saturated rings. The maximum absolute atomic E-state index is 12.5. The Balaban J connectivity index is 1.35. The topological polar surface area (TPSA) is 80.3 Å². The number of esters is 1. The fourth-order valence-corrected chi connectivity index (χ4v) is 3.62. The Morgan fingerprint density at radius 2 is 1.55 bits per heavy atom. The van der Waals surface area contributed by atoms with E-state index in [1.54, 1.807) is 18.2 Å². The van der Waals surface area contributed by atoms with Gasteiger partial charge in [0, 0.05) is 16.6 Å². The summed E-state index contributed by atoms with van der Waals surface area (Å²) in [6, 6.07) is 26.2. The molecule has 2 N–H and O–H groups in total. The smallest absolute Gasteiger partial charge is 0.340 e. The molecule has 0 saturated carbocycles. The van der Waals surface area contributed by atoms with Gasteiger partial charge in [-0.2, -0.15) is 0 Å². The van der Waals surface area contributed by atoms with Crippen LogP contribution in [0.25, 0.3) is 11.3 Å². The van der Waals surface area contributed by atoms with E-state index in [9.17, 15) is 9.59 Å². The van der Waals surface area contributed by atoms with E-state index in [2.05, 4.69) is 15.6 Å². The van der Waals surface area contributed by atoms with Gasteiger partial charge in [0.1, 0.15) is 0 Å². The molecule has 0 atom stereocenters. The molecule has 3 aromatic carbocycles. The van der Waals surface area contributed by atoms with Crippen LogP contribution in [-0.2, 0) is 9.53 Å². The highest BCUT2D eigenvalue weighted by Crippen LogP contribution is 2.25. The third kappa shape index (κ3) is 5.34. The molecule has 7 heteroatoms. The van der Waals surface area contributed by atoms with Gasteiger partial charge in [-0.1, -0.05) is 60.7 Å². The Labute approximate surface area is 183 Å². The molecule has 0 aliphatic heterocycles. The minimum atomic E-state index is -0.585. The van der Waals surface area contributed by atoms with Crippen molar-refractivity contribution < 1.29 is 14.3 Å². The van der Waals surface area contributed by atoms with Gasteiger partial charge in [-0.3, -0.25) is 10.1 Å². The second kappa shape index (κ2) is 9.69. The van der Waals surface area contributed by atoms with Crippen LogP contribution in [-0.4, -0.2) is 23.5 Å². The van der Waals surface area contributed by atoms with Gasteiger partial charge in [-0.25, -0.2) is 9.78 Å². The molecule has 154 valence electrons. The van der Waals surface area contributed by atoms with Gasteiger partial charge >= 0.3 is 5.97 Å². The zero-order valence-corrected chi connectivity index (χ0v) is 17.3. The van der Waals surface area contributed by atoms with Crippen LogP contribution in [0.1, 0.15) is 10.4 Å². The van der Waals surface area contributed by atoms with Crippen LogP contribution in [0.2, 0.25) is 0 Å². The molecule has 0 bridgehead atoms. The molecule has 1 aromatic heterocycles. The monoisotopic (exact) mass is 429 g/mol. The second-order valence-electron chi connectivity index (χ2n) is 6.56. The molecule has 1 heterocycles. The van der Waals surface area contributed by atoms with Crippen LogP contribution >= 0.6 is 11.3 Å². The Morgan fingerprint density at radius 1 is 0.871 bits per heavy atom. The van der Waals surface area contributed by atoms with Crippen molar-refractivity contribution in [1.82, 2.24) is 4.98 Å². The summed E-state index contributed by atoms with van der Waals surface area (Å²) in [6.07, 6.45) is 0. The first-order chi connectivity index (χ1) is 15.2. The average molecular weight is 430 g/mol. The number of rotatable bonds is 7. The molecule has 0 saturated heterocycles. The van der Waals surface area contributed by atoms with Gasteiger partial charge in [-0.05, 0) is 24.3 Å². The van der Waals surface area contributed by atoms with Crippen molar-refractivity contribution in [3.63, 3.8) is 0 Å². The number of hydrogen-bond acceptors (Lipinski definition) is 6. The lowest BCUT2D eigenvalue weighted by Crippen LogP contribution is -2.21. The van der Waals surface area contributed by atoms with Crippen molar-refractivity contribution in [3.05, 3.63) is 95.9 Å². The number of nitrogens with zero attached hydrogens (tertiary/aromatic N) is 1. The van der Waals surface area contributed by atoms with Crippen molar-refractivity contribution in [1.29, 1.82) is 0 Å². The summed E-state index contributed by atoms with van der Waals surface area (Å²) in [6.45, 7) is -0.404. The summed E-state index contributed by atoms with van der Waals surface area (Å²) in [7, 11) is 0. The number of amides is 1. The minimum Gasteiger partial charge on any atom is -0.452 e. The fourth-order valence-electron chi connectivity index (χ4n) is 2.88. The Morgan fingerprint density at radius 3 is 2.32 bits per heavy atom. The van der Waals surface area contributed by atoms with E-state index >= 15 is 0 Å². The highest BCUT2D eigenvalue weighted by Gasteiger charge is 2.15. The van der Waals surface area contributed by atoms with Crippen LogP contribution in [0.5, 0.6) is 0 Å². The molecule has 4 rings (SSSR count). The number of ether oxygens (including phenoxy) is 1. The normalized spacial score (nSPS) is 10.3. The molecule has 1 amide bonds.